The number of aliphatic hydroxyl groups is 1. The second-order valence-electron chi connectivity index (χ2n) is 6.12. The lowest BCUT2D eigenvalue weighted by Crippen LogP contribution is -2.23. The first kappa shape index (κ1) is 16.7. The zero-order valence-corrected chi connectivity index (χ0v) is 14.3. The number of nitrogens with zero attached hydrogens (tertiary/aromatic N) is 1. The molecule has 1 aromatic rings. The topological polar surface area (TPSA) is 91.8 Å². The van der Waals surface area contributed by atoms with Crippen LogP contribution < -0.4 is 0 Å². The number of allylic oxidation sites excluding steroid dienone is 3. The van der Waals surface area contributed by atoms with E-state index >= 15 is 0 Å². The number of Topliss-reactive ketones (excluding diaryl/α,β-unsaturated/α-hetero) is 1. The molecule has 2 heterocycles. The Balaban J connectivity index is 1.85. The fourth-order valence-corrected chi connectivity index (χ4v) is 2.75. The number of aromatic amines is 1. The van der Waals surface area contributed by atoms with Crippen LogP contribution in [0.3, 0.4) is 0 Å². The van der Waals surface area contributed by atoms with Gasteiger partial charge in [0.05, 0.1) is 28.2 Å². The van der Waals surface area contributed by atoms with Crippen LogP contribution in [0.15, 0.2) is 52.4 Å². The molecule has 1 aliphatic heterocycles. The molecule has 0 saturated carbocycles. The van der Waals surface area contributed by atoms with Crippen molar-refractivity contribution in [2.45, 2.75) is 20.8 Å². The first-order valence-electron chi connectivity index (χ1n) is 7.77. The van der Waals surface area contributed by atoms with Crippen LogP contribution in [0, 0.1) is 13.8 Å². The van der Waals surface area contributed by atoms with Crippen molar-refractivity contribution in [3.63, 3.8) is 0 Å². The van der Waals surface area contributed by atoms with Crippen molar-refractivity contribution in [1.82, 2.24) is 4.98 Å². The second-order valence-corrected chi connectivity index (χ2v) is 6.12. The summed E-state index contributed by atoms with van der Waals surface area (Å²) in [7, 11) is 0. The van der Waals surface area contributed by atoms with E-state index in [0.717, 1.165) is 11.3 Å². The fraction of sp³-hybridized carbons (Fsp3) is 0.211. The van der Waals surface area contributed by atoms with Gasteiger partial charge in [-0.3, -0.25) is 4.79 Å². The Kier molecular flexibility index (Phi) is 4.04. The Morgan fingerprint density at radius 1 is 1.32 bits per heavy atom. The van der Waals surface area contributed by atoms with Crippen molar-refractivity contribution >= 4 is 23.0 Å². The van der Waals surface area contributed by atoms with Crippen LogP contribution in [-0.4, -0.2) is 34.2 Å². The molecule has 0 unspecified atom stereocenters. The van der Waals surface area contributed by atoms with Crippen LogP contribution in [0.1, 0.15) is 23.9 Å². The minimum Gasteiger partial charge on any atom is -0.506 e. The lowest BCUT2D eigenvalue weighted by atomic mass is 9.84. The number of aromatic nitrogens is 1. The van der Waals surface area contributed by atoms with Gasteiger partial charge in [0.2, 0.25) is 5.78 Å². The summed E-state index contributed by atoms with van der Waals surface area (Å²) >= 11 is 0. The number of aryl methyl sites for hydroxylation is 2. The monoisotopic (exact) mass is 338 g/mol. The number of carbonyl (C=O) groups is 2. The lowest BCUT2D eigenvalue weighted by molar-refractivity contribution is -0.137. The molecule has 2 aliphatic rings. The number of ether oxygens (including phenoxy) is 1. The van der Waals surface area contributed by atoms with Gasteiger partial charge < -0.3 is 14.8 Å². The second kappa shape index (κ2) is 6.05. The standard InChI is InChI=1S/C19H18N2O4/c1-9(2)19(24)25-8-12-5-6-13(21-12)14-17(22)15(18(14)23)16-10(3)7-11(4)20-16/h5-7,20,22H,1,8H2,2-4H3/b14-13+. The SMILES string of the molecule is C=C(C)C(=O)OCC1=N/C(=C2/C(=O)C(c3[nH]c(C)cc3C)=C2O)C=C1. The molecule has 25 heavy (non-hydrogen) atoms. The van der Waals surface area contributed by atoms with E-state index in [9.17, 15) is 14.7 Å². The third-order valence-corrected chi connectivity index (χ3v) is 3.98. The molecule has 1 aromatic heterocycles. The van der Waals surface area contributed by atoms with Crippen LogP contribution in [0.4, 0.5) is 0 Å². The van der Waals surface area contributed by atoms with E-state index in [4.69, 9.17) is 4.74 Å². The Labute approximate surface area is 144 Å². The predicted octanol–water partition coefficient (Wildman–Crippen LogP) is 2.87. The first-order valence-corrected chi connectivity index (χ1v) is 7.77. The van der Waals surface area contributed by atoms with E-state index in [1.165, 1.54) is 0 Å². The summed E-state index contributed by atoms with van der Waals surface area (Å²) in [5.74, 6) is -0.830. The third kappa shape index (κ3) is 2.87. The normalized spacial score (nSPS) is 19.2. The van der Waals surface area contributed by atoms with E-state index in [1.54, 1.807) is 19.1 Å². The molecule has 0 fully saturated rings. The van der Waals surface area contributed by atoms with Crippen molar-refractivity contribution in [2.24, 2.45) is 4.99 Å². The van der Waals surface area contributed by atoms with E-state index < -0.39 is 5.97 Å². The van der Waals surface area contributed by atoms with Crippen molar-refractivity contribution < 1.29 is 19.4 Å². The number of H-pyrrole nitrogens is 1. The minimum absolute atomic E-state index is 0.0145. The van der Waals surface area contributed by atoms with Crippen molar-refractivity contribution in [3.05, 3.63) is 64.4 Å². The van der Waals surface area contributed by atoms with Gasteiger partial charge in [-0.25, -0.2) is 9.79 Å². The van der Waals surface area contributed by atoms with Crippen molar-refractivity contribution in [3.8, 4) is 0 Å². The van der Waals surface area contributed by atoms with Gasteiger partial charge >= 0.3 is 5.97 Å². The molecule has 0 aromatic carbocycles. The highest BCUT2D eigenvalue weighted by Gasteiger charge is 2.39. The largest absolute Gasteiger partial charge is 0.506 e. The van der Waals surface area contributed by atoms with Gasteiger partial charge in [-0.15, -0.1) is 0 Å². The Morgan fingerprint density at radius 3 is 2.60 bits per heavy atom. The minimum atomic E-state index is -0.500. The average Bonchev–Trinajstić information content (AvgIpc) is 3.12. The Morgan fingerprint density at radius 2 is 2.04 bits per heavy atom. The highest BCUT2D eigenvalue weighted by atomic mass is 16.5. The molecule has 0 atom stereocenters. The molecule has 2 N–H and O–H groups in total. The summed E-state index contributed by atoms with van der Waals surface area (Å²) in [6.07, 6.45) is 3.27. The number of rotatable bonds is 4. The molecule has 0 saturated heterocycles. The average molecular weight is 338 g/mol. The van der Waals surface area contributed by atoms with E-state index in [-0.39, 0.29) is 29.3 Å². The Hall–Kier alpha value is -3.15. The fourth-order valence-electron chi connectivity index (χ4n) is 2.75. The van der Waals surface area contributed by atoms with Crippen LogP contribution in [0.25, 0.3) is 5.57 Å². The number of nitrogens with one attached hydrogen (secondary N) is 1. The van der Waals surface area contributed by atoms with Gasteiger partial charge in [0.25, 0.3) is 0 Å². The molecule has 0 spiro atoms. The molecule has 0 radical (unpaired) electrons. The van der Waals surface area contributed by atoms with Gasteiger partial charge in [0.15, 0.2) is 0 Å². The Bertz CT molecular complexity index is 939. The van der Waals surface area contributed by atoms with Crippen LogP contribution in [0.5, 0.6) is 0 Å². The summed E-state index contributed by atoms with van der Waals surface area (Å²) in [5.41, 5.74) is 4.07. The van der Waals surface area contributed by atoms with E-state index in [0.29, 0.717) is 22.7 Å². The van der Waals surface area contributed by atoms with Crippen molar-refractivity contribution in [1.29, 1.82) is 0 Å². The number of hydrogen-bond acceptors (Lipinski definition) is 5. The zero-order valence-electron chi connectivity index (χ0n) is 14.3. The third-order valence-electron chi connectivity index (χ3n) is 3.98. The van der Waals surface area contributed by atoms with Crippen LogP contribution in [0.2, 0.25) is 0 Å². The van der Waals surface area contributed by atoms with Gasteiger partial charge in [-0.1, -0.05) is 6.58 Å². The van der Waals surface area contributed by atoms with Gasteiger partial charge in [-0.05, 0) is 44.6 Å². The smallest absolute Gasteiger partial charge is 0.333 e. The number of aliphatic hydroxyl groups excluding tert-OH is 1. The summed E-state index contributed by atoms with van der Waals surface area (Å²) in [6.45, 7) is 8.81. The first-order chi connectivity index (χ1) is 11.8. The summed E-state index contributed by atoms with van der Waals surface area (Å²) in [5, 5.41) is 10.3. The summed E-state index contributed by atoms with van der Waals surface area (Å²) in [4.78, 5) is 31.2. The molecule has 6 nitrogen and oxygen atoms in total. The number of ketones is 1. The molecule has 0 amide bonds. The molecule has 1 aliphatic carbocycles. The number of aliphatic imine (C=N–C) groups is 1. The van der Waals surface area contributed by atoms with Crippen molar-refractivity contribution in [2.75, 3.05) is 6.61 Å². The molecular weight excluding hydrogens is 320 g/mol. The van der Waals surface area contributed by atoms with E-state index in [2.05, 4.69) is 16.6 Å². The zero-order chi connectivity index (χ0) is 18.3. The highest BCUT2D eigenvalue weighted by molar-refractivity contribution is 6.39. The maximum absolute atomic E-state index is 12.5. The number of carbonyl (C=O) groups excluding carboxylic acids is 2. The maximum Gasteiger partial charge on any atom is 0.333 e. The van der Waals surface area contributed by atoms with Crippen LogP contribution >= 0.6 is 0 Å². The molecule has 128 valence electrons. The quantitative estimate of drug-likeness (QED) is 0.652. The molecule has 3 rings (SSSR count). The number of esters is 1. The molecule has 0 bridgehead atoms. The van der Waals surface area contributed by atoms with E-state index in [1.807, 2.05) is 19.9 Å². The summed E-state index contributed by atoms with van der Waals surface area (Å²) < 4.78 is 5.02. The molecule has 6 heteroatoms. The van der Waals surface area contributed by atoms with Gasteiger partial charge in [-0.2, -0.15) is 0 Å². The predicted molar refractivity (Wildman–Crippen MR) is 94.2 cm³/mol. The maximum atomic E-state index is 12.5. The van der Waals surface area contributed by atoms with Gasteiger partial charge in [0, 0.05) is 11.3 Å². The summed E-state index contributed by atoms with van der Waals surface area (Å²) in [6, 6.07) is 1.91. The molecular formula is C19H18N2O4. The highest BCUT2D eigenvalue weighted by Crippen LogP contribution is 2.39. The van der Waals surface area contributed by atoms with Gasteiger partial charge in [0.1, 0.15) is 12.4 Å². The van der Waals surface area contributed by atoms with Crippen LogP contribution in [-0.2, 0) is 14.3 Å². The number of hydrogen-bond donors (Lipinski definition) is 2. The lowest BCUT2D eigenvalue weighted by Gasteiger charge is -2.21.